The molecule has 200 valence electrons. The predicted molar refractivity (Wildman–Crippen MR) is 128 cm³/mol. The number of ether oxygens (including phenoxy) is 5. The lowest BCUT2D eigenvalue weighted by Crippen LogP contribution is -2.60. The van der Waals surface area contributed by atoms with E-state index in [4.69, 9.17) is 35.9 Å². The molecule has 0 radical (unpaired) electrons. The lowest BCUT2D eigenvalue weighted by atomic mass is 9.96. The monoisotopic (exact) mass is 534 g/mol. The summed E-state index contributed by atoms with van der Waals surface area (Å²) >= 11 is 5.68. The van der Waals surface area contributed by atoms with Crippen molar-refractivity contribution in [3.8, 4) is 6.07 Å². The van der Waals surface area contributed by atoms with Crippen LogP contribution in [0.2, 0.25) is 0 Å². The Hall–Kier alpha value is -3.30. The Morgan fingerprint density at radius 1 is 0.946 bits per heavy atom. The molecule has 1 aliphatic heterocycles. The van der Waals surface area contributed by atoms with Gasteiger partial charge in [-0.2, -0.15) is 5.26 Å². The highest BCUT2D eigenvalue weighted by Gasteiger charge is 2.53. The SMILES string of the molecule is CC(=O)OC[C@@H]1O[C@@H](n2c3c(cc(C#N)c2=S)CCCCC3)[C@@H](OC(C)=O)[C@@H](OC(C)=O)[C@H]1OC(C)=O. The Kier molecular flexibility index (Phi) is 9.39. The van der Waals surface area contributed by atoms with Gasteiger partial charge in [0.25, 0.3) is 0 Å². The van der Waals surface area contributed by atoms with Crippen molar-refractivity contribution in [1.82, 2.24) is 4.57 Å². The fourth-order valence-electron chi connectivity index (χ4n) is 4.77. The van der Waals surface area contributed by atoms with E-state index in [1.54, 1.807) is 10.6 Å². The van der Waals surface area contributed by atoms with E-state index in [1.807, 2.05) is 0 Å². The number of aromatic nitrogens is 1. The fourth-order valence-corrected chi connectivity index (χ4v) is 5.09. The van der Waals surface area contributed by atoms with E-state index >= 15 is 0 Å². The normalized spacial score (nSPS) is 25.0. The maximum atomic E-state index is 12.2. The first-order valence-corrected chi connectivity index (χ1v) is 12.4. The first-order chi connectivity index (χ1) is 17.5. The summed E-state index contributed by atoms with van der Waals surface area (Å²) < 4.78 is 29.9. The van der Waals surface area contributed by atoms with Gasteiger partial charge in [-0.1, -0.05) is 18.6 Å². The number of esters is 4. The second kappa shape index (κ2) is 12.3. The summed E-state index contributed by atoms with van der Waals surface area (Å²) in [7, 11) is 0. The van der Waals surface area contributed by atoms with Crippen LogP contribution in [0.3, 0.4) is 0 Å². The van der Waals surface area contributed by atoms with E-state index in [2.05, 4.69) is 6.07 Å². The Labute approximate surface area is 219 Å². The molecule has 12 heteroatoms. The second-order valence-electron chi connectivity index (χ2n) is 8.97. The van der Waals surface area contributed by atoms with Gasteiger partial charge in [-0.3, -0.25) is 19.2 Å². The van der Waals surface area contributed by atoms with Gasteiger partial charge in [-0.25, -0.2) is 0 Å². The Balaban J connectivity index is 2.25. The molecule has 0 spiro atoms. The standard InChI is InChI=1S/C25H30N2O9S/c1-13(28)32-12-20-21(33-14(2)29)22(34-15(3)30)23(35-16(4)31)24(36-20)27-19-9-7-5-6-8-17(19)10-18(11-26)25(27)37/h10,20-24H,5-9,12H2,1-4H3/t20-,21-,22-,23-,24+/m0/s1. The first-order valence-electron chi connectivity index (χ1n) is 12.0. The van der Waals surface area contributed by atoms with Crippen LogP contribution in [0.5, 0.6) is 0 Å². The number of carbonyl (C=O) groups is 4. The zero-order valence-corrected chi connectivity index (χ0v) is 22.0. The Morgan fingerprint density at radius 3 is 2.14 bits per heavy atom. The molecule has 11 nitrogen and oxygen atoms in total. The number of hydrogen-bond acceptors (Lipinski definition) is 11. The van der Waals surface area contributed by atoms with Crippen molar-refractivity contribution < 1.29 is 42.9 Å². The molecule has 0 N–H and O–H groups in total. The number of fused-ring (bicyclic) bond motifs is 1. The van der Waals surface area contributed by atoms with Crippen LogP contribution in [0.15, 0.2) is 6.07 Å². The van der Waals surface area contributed by atoms with Gasteiger partial charge in [0.2, 0.25) is 0 Å². The molecule has 1 aromatic heterocycles. The molecule has 37 heavy (non-hydrogen) atoms. The minimum absolute atomic E-state index is 0.157. The fraction of sp³-hybridized carbons (Fsp3) is 0.600. The van der Waals surface area contributed by atoms with Crippen molar-refractivity contribution in [3.63, 3.8) is 0 Å². The number of nitriles is 1. The van der Waals surface area contributed by atoms with Crippen molar-refractivity contribution >= 4 is 36.1 Å². The molecule has 0 aromatic carbocycles. The molecule has 2 aliphatic rings. The predicted octanol–water partition coefficient (Wildman–Crippen LogP) is 2.61. The molecule has 3 rings (SSSR count). The van der Waals surface area contributed by atoms with Gasteiger partial charge in [0.1, 0.15) is 23.4 Å². The highest BCUT2D eigenvalue weighted by atomic mass is 32.1. The third-order valence-electron chi connectivity index (χ3n) is 6.13. The molecule has 1 aliphatic carbocycles. The highest BCUT2D eigenvalue weighted by Crippen LogP contribution is 2.37. The van der Waals surface area contributed by atoms with Gasteiger partial charge in [-0.05, 0) is 37.3 Å². The molecule has 1 fully saturated rings. The second-order valence-corrected chi connectivity index (χ2v) is 9.35. The zero-order chi connectivity index (χ0) is 27.3. The summed E-state index contributed by atoms with van der Waals surface area (Å²) in [4.78, 5) is 47.9. The Morgan fingerprint density at radius 2 is 1.54 bits per heavy atom. The topological polar surface area (TPSA) is 143 Å². The van der Waals surface area contributed by atoms with E-state index < -0.39 is 54.5 Å². The number of pyridine rings is 1. The summed E-state index contributed by atoms with van der Waals surface area (Å²) in [6.07, 6.45) is -2.08. The van der Waals surface area contributed by atoms with Crippen LogP contribution in [0.4, 0.5) is 0 Å². The van der Waals surface area contributed by atoms with E-state index in [9.17, 15) is 24.4 Å². The average molecular weight is 535 g/mol. The van der Waals surface area contributed by atoms with Gasteiger partial charge < -0.3 is 28.3 Å². The first kappa shape index (κ1) is 28.3. The molecule has 2 heterocycles. The maximum Gasteiger partial charge on any atom is 0.303 e. The van der Waals surface area contributed by atoms with Crippen LogP contribution in [-0.4, -0.2) is 59.5 Å². The molecule has 1 saturated heterocycles. The van der Waals surface area contributed by atoms with Gasteiger partial charge >= 0.3 is 23.9 Å². The number of hydrogen-bond donors (Lipinski definition) is 0. The molecule has 5 atom stereocenters. The third kappa shape index (κ3) is 6.72. The summed E-state index contributed by atoms with van der Waals surface area (Å²) in [6, 6.07) is 3.89. The number of nitrogens with zero attached hydrogens (tertiary/aromatic N) is 2. The molecule has 1 aromatic rings. The summed E-state index contributed by atoms with van der Waals surface area (Å²) in [6.45, 7) is 4.36. The van der Waals surface area contributed by atoms with Crippen molar-refractivity contribution in [1.29, 1.82) is 5.26 Å². The molecule has 0 unspecified atom stereocenters. The van der Waals surface area contributed by atoms with E-state index in [1.165, 1.54) is 13.8 Å². The maximum absolute atomic E-state index is 12.2. The lowest BCUT2D eigenvalue weighted by Gasteiger charge is -2.45. The van der Waals surface area contributed by atoms with E-state index in [-0.39, 0.29) is 16.8 Å². The smallest absolute Gasteiger partial charge is 0.303 e. The number of aryl methyl sites for hydroxylation is 1. The summed E-state index contributed by atoms with van der Waals surface area (Å²) in [5, 5.41) is 9.79. The minimum atomic E-state index is -1.32. The van der Waals surface area contributed by atoms with Gasteiger partial charge in [-0.15, -0.1) is 0 Å². The van der Waals surface area contributed by atoms with Crippen molar-refractivity contribution in [2.45, 2.75) is 90.4 Å². The number of carbonyl (C=O) groups excluding carboxylic acids is 4. The average Bonchev–Trinajstić information content (AvgIpc) is 3.05. The van der Waals surface area contributed by atoms with Gasteiger partial charge in [0.15, 0.2) is 24.5 Å². The summed E-state index contributed by atoms with van der Waals surface area (Å²) in [5.41, 5.74) is 1.96. The largest absolute Gasteiger partial charge is 0.463 e. The zero-order valence-electron chi connectivity index (χ0n) is 21.2. The molecule has 0 bridgehead atoms. The highest BCUT2D eigenvalue weighted by molar-refractivity contribution is 7.71. The lowest BCUT2D eigenvalue weighted by molar-refractivity contribution is -0.269. The van der Waals surface area contributed by atoms with E-state index in [0.29, 0.717) is 12.8 Å². The van der Waals surface area contributed by atoms with Crippen molar-refractivity contribution in [3.05, 3.63) is 27.5 Å². The third-order valence-corrected chi connectivity index (χ3v) is 6.55. The van der Waals surface area contributed by atoms with Crippen molar-refractivity contribution in [2.75, 3.05) is 6.61 Å². The Bertz CT molecular complexity index is 1170. The van der Waals surface area contributed by atoms with Gasteiger partial charge in [0.05, 0.1) is 5.56 Å². The van der Waals surface area contributed by atoms with Gasteiger partial charge in [0, 0.05) is 33.4 Å². The van der Waals surface area contributed by atoms with Crippen LogP contribution in [-0.2, 0) is 55.7 Å². The molecular formula is C25H30N2O9S. The van der Waals surface area contributed by atoms with E-state index in [0.717, 1.165) is 44.4 Å². The van der Waals surface area contributed by atoms with Crippen LogP contribution in [0.1, 0.15) is 70.0 Å². The van der Waals surface area contributed by atoms with Crippen LogP contribution in [0.25, 0.3) is 0 Å². The quantitative estimate of drug-likeness (QED) is 0.230. The van der Waals surface area contributed by atoms with Crippen LogP contribution in [0, 0.1) is 16.0 Å². The van der Waals surface area contributed by atoms with Crippen LogP contribution < -0.4 is 0 Å². The molecular weight excluding hydrogens is 504 g/mol. The summed E-state index contributed by atoms with van der Waals surface area (Å²) in [5.74, 6) is -2.75. The van der Waals surface area contributed by atoms with Crippen LogP contribution >= 0.6 is 12.2 Å². The molecule has 0 amide bonds. The minimum Gasteiger partial charge on any atom is -0.463 e. The van der Waals surface area contributed by atoms with Crippen molar-refractivity contribution in [2.24, 2.45) is 0 Å². The number of rotatable bonds is 6. The molecule has 0 saturated carbocycles.